The standard InChI is InChI=1S/C48H50FN5O6/c49-40-4-2-1-3-37(40)39-27-60-42-24-32(47(58)59)7-11-38(42)44(39)31-5-8-34(9-6-31)52-19-15-30(16-20-52)25-51-21-17-48(18-22-51)28-53(29-48)35-10-12-36-33(23-35)26-54(46(36)57)41-13-14-43(55)50-45(41)56/h1-12,23-24,30,39,41,44H,13-22,25-29H2,(H,58,59)(H,50,55,56). The molecule has 3 unspecified atom stereocenters. The Balaban J connectivity index is 0.717. The number of hydrogen-bond acceptors (Lipinski definition) is 8. The number of carbonyl (C=O) groups excluding carboxylic acids is 3. The molecule has 4 aromatic rings. The van der Waals surface area contributed by atoms with E-state index in [4.69, 9.17) is 4.74 Å². The van der Waals surface area contributed by atoms with E-state index < -0.39 is 12.0 Å². The van der Waals surface area contributed by atoms with Crippen molar-refractivity contribution in [1.29, 1.82) is 0 Å². The number of fused-ring (bicyclic) bond motifs is 2. The van der Waals surface area contributed by atoms with Crippen molar-refractivity contribution >= 4 is 35.1 Å². The van der Waals surface area contributed by atoms with Crippen molar-refractivity contribution in [1.82, 2.24) is 15.1 Å². The average Bonchev–Trinajstić information content (AvgIpc) is 3.57. The summed E-state index contributed by atoms with van der Waals surface area (Å²) in [5, 5.41) is 12.0. The smallest absolute Gasteiger partial charge is 0.335 e. The number of benzene rings is 4. The first-order valence-corrected chi connectivity index (χ1v) is 21.5. The van der Waals surface area contributed by atoms with Gasteiger partial charge in [-0.25, -0.2) is 9.18 Å². The van der Waals surface area contributed by atoms with Crippen LogP contribution in [0.4, 0.5) is 15.8 Å². The van der Waals surface area contributed by atoms with Crippen LogP contribution in [0, 0.1) is 17.2 Å². The first-order valence-electron chi connectivity index (χ1n) is 21.5. The lowest BCUT2D eigenvalue weighted by Crippen LogP contribution is -2.60. The van der Waals surface area contributed by atoms with Crippen LogP contribution in [0.15, 0.2) is 84.9 Å². The quantitative estimate of drug-likeness (QED) is 0.195. The van der Waals surface area contributed by atoms with Gasteiger partial charge in [-0.3, -0.25) is 19.7 Å². The molecule has 6 aliphatic rings. The molecule has 6 aliphatic heterocycles. The summed E-state index contributed by atoms with van der Waals surface area (Å²) in [7, 11) is 0. The predicted molar refractivity (Wildman–Crippen MR) is 224 cm³/mol. The maximum absolute atomic E-state index is 15.2. The fourth-order valence-corrected chi connectivity index (χ4v) is 10.9. The van der Waals surface area contributed by atoms with Crippen LogP contribution in [0.1, 0.15) is 93.3 Å². The zero-order valence-electron chi connectivity index (χ0n) is 33.7. The molecule has 12 heteroatoms. The number of amides is 3. The lowest BCUT2D eigenvalue weighted by atomic mass is 9.71. The second kappa shape index (κ2) is 15.4. The van der Waals surface area contributed by atoms with Gasteiger partial charge in [-0.15, -0.1) is 0 Å². The minimum absolute atomic E-state index is 0.130. The number of imide groups is 1. The largest absolute Gasteiger partial charge is 0.493 e. The summed E-state index contributed by atoms with van der Waals surface area (Å²) in [5.74, 6) is -1.31. The lowest BCUT2D eigenvalue weighted by molar-refractivity contribution is -0.136. The summed E-state index contributed by atoms with van der Waals surface area (Å²) in [5.41, 5.74) is 6.95. The number of nitrogens with zero attached hydrogens (tertiary/aromatic N) is 4. The highest BCUT2D eigenvalue weighted by Crippen LogP contribution is 2.48. The maximum Gasteiger partial charge on any atom is 0.335 e. The number of aromatic carboxylic acids is 1. The van der Waals surface area contributed by atoms with Gasteiger partial charge in [0, 0.05) is 85.4 Å². The highest BCUT2D eigenvalue weighted by Gasteiger charge is 2.46. The molecule has 310 valence electrons. The highest BCUT2D eigenvalue weighted by molar-refractivity contribution is 6.05. The molecule has 0 aliphatic carbocycles. The normalized spacial score (nSPS) is 24.1. The van der Waals surface area contributed by atoms with E-state index in [1.54, 1.807) is 23.1 Å². The fourth-order valence-electron chi connectivity index (χ4n) is 10.9. The summed E-state index contributed by atoms with van der Waals surface area (Å²) >= 11 is 0. The van der Waals surface area contributed by atoms with Crippen molar-refractivity contribution in [3.8, 4) is 5.75 Å². The second-order valence-electron chi connectivity index (χ2n) is 17.9. The molecule has 2 N–H and O–H groups in total. The van der Waals surface area contributed by atoms with Gasteiger partial charge in [0.15, 0.2) is 0 Å². The van der Waals surface area contributed by atoms with Gasteiger partial charge >= 0.3 is 5.97 Å². The van der Waals surface area contributed by atoms with Crippen LogP contribution in [-0.4, -0.2) is 97.1 Å². The van der Waals surface area contributed by atoms with Crippen LogP contribution in [-0.2, 0) is 16.1 Å². The van der Waals surface area contributed by atoms with Gasteiger partial charge in [0.1, 0.15) is 17.6 Å². The van der Waals surface area contributed by atoms with E-state index in [9.17, 15) is 24.3 Å². The first-order chi connectivity index (χ1) is 29.1. The van der Waals surface area contributed by atoms with Gasteiger partial charge < -0.3 is 29.4 Å². The number of rotatable bonds is 8. The Morgan fingerprint density at radius 2 is 1.58 bits per heavy atom. The number of carboxylic acids is 1. The topological polar surface area (TPSA) is 123 Å². The Morgan fingerprint density at radius 3 is 2.32 bits per heavy atom. The molecular weight excluding hydrogens is 762 g/mol. The number of ether oxygens (including phenoxy) is 1. The SMILES string of the molecule is O=C1CCC(N2Cc3cc(N4CC5(CCN(CC6CCN(c7ccc(C8c9ccc(C(=O)O)cc9OCC8c8ccccc8F)cc7)CC6)CC5)C4)ccc3C2=O)C(=O)N1. The molecule has 60 heavy (non-hydrogen) atoms. The molecule has 1 spiro atoms. The van der Waals surface area contributed by atoms with E-state index >= 15 is 4.39 Å². The Morgan fingerprint density at radius 1 is 0.833 bits per heavy atom. The molecule has 11 nitrogen and oxygen atoms in total. The molecule has 0 saturated carbocycles. The minimum atomic E-state index is -1.01. The molecule has 4 fully saturated rings. The molecule has 0 bridgehead atoms. The van der Waals surface area contributed by atoms with Crippen molar-refractivity contribution in [2.75, 3.05) is 62.2 Å². The third kappa shape index (κ3) is 7.08. The van der Waals surface area contributed by atoms with Crippen LogP contribution in [0.25, 0.3) is 0 Å². The zero-order valence-corrected chi connectivity index (χ0v) is 33.7. The zero-order chi connectivity index (χ0) is 41.1. The van der Waals surface area contributed by atoms with Crippen molar-refractivity contribution in [2.24, 2.45) is 11.3 Å². The number of likely N-dealkylation sites (tertiary alicyclic amines) is 1. The summed E-state index contributed by atoms with van der Waals surface area (Å²) in [6.07, 6.45) is 5.30. The number of halogens is 1. The molecule has 4 aromatic carbocycles. The Labute approximate surface area is 349 Å². The summed E-state index contributed by atoms with van der Waals surface area (Å²) in [6.45, 7) is 8.09. The van der Waals surface area contributed by atoms with E-state index in [0.717, 1.165) is 81.0 Å². The van der Waals surface area contributed by atoms with Crippen molar-refractivity contribution in [2.45, 2.75) is 62.9 Å². The van der Waals surface area contributed by atoms with E-state index in [1.165, 1.54) is 24.6 Å². The molecule has 6 heterocycles. The third-order valence-electron chi connectivity index (χ3n) is 14.3. The van der Waals surface area contributed by atoms with Gasteiger partial charge in [0.05, 0.1) is 12.2 Å². The first kappa shape index (κ1) is 38.5. The summed E-state index contributed by atoms with van der Waals surface area (Å²) in [4.78, 5) is 58.2. The van der Waals surface area contributed by atoms with E-state index in [2.05, 4.69) is 50.3 Å². The molecule has 0 radical (unpaired) electrons. The second-order valence-corrected chi connectivity index (χ2v) is 17.9. The van der Waals surface area contributed by atoms with Crippen LogP contribution in [0.3, 0.4) is 0 Å². The van der Waals surface area contributed by atoms with Gasteiger partial charge in [0.2, 0.25) is 11.8 Å². The van der Waals surface area contributed by atoms with Crippen molar-refractivity contribution < 1.29 is 33.4 Å². The van der Waals surface area contributed by atoms with Crippen LogP contribution >= 0.6 is 0 Å². The number of carbonyl (C=O) groups is 4. The molecule has 10 rings (SSSR count). The van der Waals surface area contributed by atoms with Crippen molar-refractivity contribution in [3.05, 3.63) is 124 Å². The van der Waals surface area contributed by atoms with Gasteiger partial charge in [-0.1, -0.05) is 36.4 Å². The molecule has 0 aromatic heterocycles. The van der Waals surface area contributed by atoms with E-state index in [-0.39, 0.29) is 54.0 Å². The van der Waals surface area contributed by atoms with Gasteiger partial charge in [-0.2, -0.15) is 0 Å². The summed E-state index contributed by atoms with van der Waals surface area (Å²) < 4.78 is 21.2. The van der Waals surface area contributed by atoms with Crippen molar-refractivity contribution in [3.63, 3.8) is 0 Å². The summed E-state index contributed by atoms with van der Waals surface area (Å²) in [6, 6.07) is 26.0. The number of hydrogen-bond donors (Lipinski definition) is 2. The fraction of sp³-hybridized carbons (Fsp3) is 0.417. The lowest BCUT2D eigenvalue weighted by Gasteiger charge is -2.55. The number of carboxylic acid groups (broad SMARTS) is 1. The molecular formula is C48H50FN5O6. The van der Waals surface area contributed by atoms with Crippen LogP contribution in [0.2, 0.25) is 0 Å². The highest BCUT2D eigenvalue weighted by atomic mass is 19.1. The van der Waals surface area contributed by atoms with E-state index in [1.807, 2.05) is 30.3 Å². The molecule has 3 amide bonds. The molecule has 4 saturated heterocycles. The Kier molecular flexibility index (Phi) is 9.85. The monoisotopic (exact) mass is 811 g/mol. The van der Waals surface area contributed by atoms with Gasteiger partial charge in [0.25, 0.3) is 5.91 Å². The van der Waals surface area contributed by atoms with Crippen LogP contribution < -0.4 is 19.9 Å². The third-order valence-corrected chi connectivity index (χ3v) is 14.3. The molecule has 3 atom stereocenters. The number of piperidine rings is 3. The Hall–Kier alpha value is -5.75. The van der Waals surface area contributed by atoms with Gasteiger partial charge in [-0.05, 0) is 116 Å². The van der Waals surface area contributed by atoms with E-state index in [0.29, 0.717) is 41.2 Å². The number of nitrogens with one attached hydrogen (secondary N) is 1. The number of anilines is 2. The minimum Gasteiger partial charge on any atom is -0.493 e. The van der Waals surface area contributed by atoms with Crippen LogP contribution in [0.5, 0.6) is 5.75 Å². The maximum atomic E-state index is 15.2. The average molecular weight is 812 g/mol. The predicted octanol–water partition coefficient (Wildman–Crippen LogP) is 6.41. The Bertz CT molecular complexity index is 2350.